The van der Waals surface area contributed by atoms with Gasteiger partial charge >= 0.3 is 5.97 Å². The molecule has 0 aromatic heterocycles. The molecule has 0 atom stereocenters. The number of rotatable bonds is 7. The van der Waals surface area contributed by atoms with Gasteiger partial charge in [0.05, 0.1) is 6.54 Å². The lowest BCUT2D eigenvalue weighted by Gasteiger charge is -2.24. The average molecular weight is 263 g/mol. The molecule has 1 rings (SSSR count). The van der Waals surface area contributed by atoms with E-state index in [0.29, 0.717) is 12.5 Å². The van der Waals surface area contributed by atoms with Crippen LogP contribution in [0.25, 0.3) is 0 Å². The lowest BCUT2D eigenvalue weighted by atomic mass is 10.0. The van der Waals surface area contributed by atoms with Gasteiger partial charge in [-0.25, -0.2) is 0 Å². The van der Waals surface area contributed by atoms with E-state index in [4.69, 9.17) is 5.11 Å². The zero-order valence-electron chi connectivity index (χ0n) is 12.4. The third kappa shape index (κ3) is 5.88. The van der Waals surface area contributed by atoms with Crippen LogP contribution >= 0.6 is 0 Å². The summed E-state index contributed by atoms with van der Waals surface area (Å²) in [4.78, 5) is 12.8. The zero-order chi connectivity index (χ0) is 14.4. The van der Waals surface area contributed by atoms with Crippen LogP contribution < -0.4 is 0 Å². The molecule has 19 heavy (non-hydrogen) atoms. The van der Waals surface area contributed by atoms with Gasteiger partial charge in [0.15, 0.2) is 0 Å². The first-order chi connectivity index (χ1) is 8.88. The number of aliphatic carboxylic acids is 1. The molecule has 106 valence electrons. The zero-order valence-corrected chi connectivity index (χ0v) is 12.4. The minimum Gasteiger partial charge on any atom is -0.480 e. The van der Waals surface area contributed by atoms with Crippen molar-refractivity contribution in [1.29, 1.82) is 0 Å². The molecule has 0 heterocycles. The number of carboxylic acid groups (broad SMARTS) is 1. The fourth-order valence-corrected chi connectivity index (χ4v) is 2.08. The molecule has 3 heteroatoms. The molecular weight excluding hydrogens is 238 g/mol. The Kier molecular flexibility index (Phi) is 6.03. The molecular formula is C16H25NO2. The topological polar surface area (TPSA) is 40.5 Å². The Morgan fingerprint density at radius 1 is 1.11 bits per heavy atom. The SMILES string of the molecule is CC(C)Cc1ccc(CN(CC(=O)O)C(C)C)cc1. The summed E-state index contributed by atoms with van der Waals surface area (Å²) < 4.78 is 0. The third-order valence-corrected chi connectivity index (χ3v) is 3.12. The smallest absolute Gasteiger partial charge is 0.317 e. The van der Waals surface area contributed by atoms with E-state index in [1.54, 1.807) is 0 Å². The van der Waals surface area contributed by atoms with Gasteiger partial charge in [-0.1, -0.05) is 38.1 Å². The normalized spacial score (nSPS) is 11.5. The molecule has 0 saturated heterocycles. The van der Waals surface area contributed by atoms with Crippen LogP contribution in [0.4, 0.5) is 0 Å². The fourth-order valence-electron chi connectivity index (χ4n) is 2.08. The summed E-state index contributed by atoms with van der Waals surface area (Å²) in [5.74, 6) is -0.116. The predicted octanol–water partition coefficient (Wildman–Crippen LogP) is 3.18. The van der Waals surface area contributed by atoms with E-state index in [1.165, 1.54) is 11.1 Å². The van der Waals surface area contributed by atoms with Crippen LogP contribution in [0.1, 0.15) is 38.8 Å². The van der Waals surface area contributed by atoms with Crippen molar-refractivity contribution in [3.8, 4) is 0 Å². The summed E-state index contributed by atoms with van der Waals surface area (Å²) in [5.41, 5.74) is 2.51. The number of hydrogen-bond donors (Lipinski definition) is 1. The summed E-state index contributed by atoms with van der Waals surface area (Å²) in [6.45, 7) is 9.24. The van der Waals surface area contributed by atoms with Crippen molar-refractivity contribution >= 4 is 5.97 Å². The van der Waals surface area contributed by atoms with Gasteiger partial charge in [0.25, 0.3) is 0 Å². The molecule has 1 N–H and O–H groups in total. The van der Waals surface area contributed by atoms with Gasteiger partial charge in [0, 0.05) is 12.6 Å². The molecule has 0 aliphatic heterocycles. The first kappa shape index (κ1) is 15.7. The van der Waals surface area contributed by atoms with Gasteiger partial charge in [-0.15, -0.1) is 0 Å². The highest BCUT2D eigenvalue weighted by Crippen LogP contribution is 2.12. The Morgan fingerprint density at radius 3 is 2.05 bits per heavy atom. The first-order valence-electron chi connectivity index (χ1n) is 6.92. The van der Waals surface area contributed by atoms with Gasteiger partial charge in [-0.3, -0.25) is 9.69 Å². The number of benzene rings is 1. The minimum atomic E-state index is -0.773. The Balaban J connectivity index is 2.66. The number of nitrogens with zero attached hydrogens (tertiary/aromatic N) is 1. The van der Waals surface area contributed by atoms with E-state index >= 15 is 0 Å². The van der Waals surface area contributed by atoms with Crippen LogP contribution in [0.15, 0.2) is 24.3 Å². The molecule has 0 aliphatic carbocycles. The predicted molar refractivity (Wildman–Crippen MR) is 78.2 cm³/mol. The second-order valence-corrected chi connectivity index (χ2v) is 5.81. The third-order valence-electron chi connectivity index (χ3n) is 3.12. The standard InChI is InChI=1S/C16H25NO2/c1-12(2)9-14-5-7-15(8-6-14)10-17(13(3)4)11-16(18)19/h5-8,12-13H,9-11H2,1-4H3,(H,18,19). The van der Waals surface area contributed by atoms with Crippen molar-refractivity contribution in [3.63, 3.8) is 0 Å². The van der Waals surface area contributed by atoms with Gasteiger partial charge in [0.2, 0.25) is 0 Å². The number of hydrogen-bond acceptors (Lipinski definition) is 2. The maximum absolute atomic E-state index is 10.8. The molecule has 1 aromatic rings. The summed E-state index contributed by atoms with van der Waals surface area (Å²) in [5, 5.41) is 8.91. The Hall–Kier alpha value is -1.35. The molecule has 0 bridgehead atoms. The molecule has 0 radical (unpaired) electrons. The second kappa shape index (κ2) is 7.29. The minimum absolute atomic E-state index is 0.0887. The number of carbonyl (C=O) groups is 1. The van der Waals surface area contributed by atoms with Crippen molar-refractivity contribution in [3.05, 3.63) is 35.4 Å². The van der Waals surface area contributed by atoms with E-state index in [-0.39, 0.29) is 12.6 Å². The van der Waals surface area contributed by atoms with Crippen LogP contribution in [0.5, 0.6) is 0 Å². The van der Waals surface area contributed by atoms with E-state index in [9.17, 15) is 4.79 Å². The van der Waals surface area contributed by atoms with Crippen LogP contribution in [0.3, 0.4) is 0 Å². The first-order valence-corrected chi connectivity index (χ1v) is 6.92. The number of carboxylic acids is 1. The van der Waals surface area contributed by atoms with Crippen molar-refractivity contribution < 1.29 is 9.90 Å². The molecule has 0 saturated carbocycles. The van der Waals surface area contributed by atoms with Crippen molar-refractivity contribution in [2.45, 2.75) is 46.7 Å². The maximum atomic E-state index is 10.8. The van der Waals surface area contributed by atoms with Gasteiger partial charge in [-0.2, -0.15) is 0 Å². The Morgan fingerprint density at radius 2 is 1.63 bits per heavy atom. The molecule has 3 nitrogen and oxygen atoms in total. The van der Waals surface area contributed by atoms with E-state index in [2.05, 4.69) is 38.1 Å². The van der Waals surface area contributed by atoms with E-state index in [0.717, 1.165) is 6.42 Å². The highest BCUT2D eigenvalue weighted by atomic mass is 16.4. The average Bonchev–Trinajstić information content (AvgIpc) is 2.29. The highest BCUT2D eigenvalue weighted by molar-refractivity contribution is 5.69. The Bertz CT molecular complexity index is 396. The molecule has 0 amide bonds. The van der Waals surface area contributed by atoms with Crippen molar-refractivity contribution in [1.82, 2.24) is 4.90 Å². The summed E-state index contributed by atoms with van der Waals surface area (Å²) in [6.07, 6.45) is 1.09. The monoisotopic (exact) mass is 263 g/mol. The fraction of sp³-hybridized carbons (Fsp3) is 0.562. The highest BCUT2D eigenvalue weighted by Gasteiger charge is 2.13. The molecule has 0 spiro atoms. The largest absolute Gasteiger partial charge is 0.480 e. The van der Waals surface area contributed by atoms with E-state index in [1.807, 2.05) is 18.7 Å². The lowest BCUT2D eigenvalue weighted by molar-refractivity contribution is -0.138. The van der Waals surface area contributed by atoms with Gasteiger partial charge in [-0.05, 0) is 37.3 Å². The summed E-state index contributed by atoms with van der Waals surface area (Å²) >= 11 is 0. The molecule has 1 aromatic carbocycles. The van der Waals surface area contributed by atoms with Crippen LogP contribution in [-0.2, 0) is 17.8 Å². The van der Waals surface area contributed by atoms with Crippen LogP contribution in [0.2, 0.25) is 0 Å². The van der Waals surface area contributed by atoms with Gasteiger partial charge < -0.3 is 5.11 Å². The molecule has 0 fully saturated rings. The van der Waals surface area contributed by atoms with E-state index < -0.39 is 5.97 Å². The maximum Gasteiger partial charge on any atom is 0.317 e. The molecule has 0 aliphatic rings. The molecule has 0 unspecified atom stereocenters. The summed E-state index contributed by atoms with van der Waals surface area (Å²) in [6, 6.07) is 8.74. The lowest BCUT2D eigenvalue weighted by Crippen LogP contribution is -2.35. The van der Waals surface area contributed by atoms with Gasteiger partial charge in [0.1, 0.15) is 0 Å². The van der Waals surface area contributed by atoms with Crippen LogP contribution in [0, 0.1) is 5.92 Å². The van der Waals surface area contributed by atoms with Crippen molar-refractivity contribution in [2.24, 2.45) is 5.92 Å². The van der Waals surface area contributed by atoms with Crippen LogP contribution in [-0.4, -0.2) is 28.6 Å². The van der Waals surface area contributed by atoms with Crippen molar-refractivity contribution in [2.75, 3.05) is 6.54 Å². The quantitative estimate of drug-likeness (QED) is 0.821. The Labute approximate surface area is 116 Å². The summed E-state index contributed by atoms with van der Waals surface area (Å²) in [7, 11) is 0. The second-order valence-electron chi connectivity index (χ2n) is 5.81.